The van der Waals surface area contributed by atoms with Gasteiger partial charge < -0.3 is 24.9 Å². The van der Waals surface area contributed by atoms with Crippen LogP contribution in [-0.2, 0) is 11.3 Å². The van der Waals surface area contributed by atoms with Gasteiger partial charge in [0.05, 0.1) is 35.7 Å². The van der Waals surface area contributed by atoms with Crippen LogP contribution in [0.5, 0.6) is 0 Å². The molecule has 0 amide bonds. The third-order valence-corrected chi connectivity index (χ3v) is 9.42. The zero-order valence-corrected chi connectivity index (χ0v) is 24.1. The summed E-state index contributed by atoms with van der Waals surface area (Å²) in [6, 6.07) is 7.71. The van der Waals surface area contributed by atoms with E-state index >= 15 is 0 Å². The number of hydrogen-bond donors (Lipinski definition) is 2. The van der Waals surface area contributed by atoms with Crippen LogP contribution in [0.2, 0.25) is 5.02 Å². The first-order chi connectivity index (χ1) is 18.4. The lowest BCUT2D eigenvalue weighted by Crippen LogP contribution is -2.51. The Morgan fingerprint density at radius 3 is 2.64 bits per heavy atom. The molecule has 2 saturated heterocycles. The van der Waals surface area contributed by atoms with E-state index in [9.17, 15) is 5.11 Å². The minimum Gasteiger partial charge on any atom is -0.390 e. The number of rotatable bonds is 5. The summed E-state index contributed by atoms with van der Waals surface area (Å²) in [5.74, 6) is 0.736. The van der Waals surface area contributed by atoms with Gasteiger partial charge in [0.15, 0.2) is 11.5 Å². The number of nitrogens with zero attached hydrogens (tertiary/aromatic N) is 6. The van der Waals surface area contributed by atoms with E-state index in [0.29, 0.717) is 28.0 Å². The van der Waals surface area contributed by atoms with Crippen molar-refractivity contribution in [1.29, 1.82) is 0 Å². The topological polar surface area (TPSA) is 115 Å². The first-order valence-electron chi connectivity index (χ1n) is 12.8. The van der Waals surface area contributed by atoms with E-state index in [1.165, 1.54) is 11.8 Å². The van der Waals surface area contributed by atoms with Crippen molar-refractivity contribution in [2.75, 3.05) is 24.6 Å². The van der Waals surface area contributed by atoms with E-state index in [1.54, 1.807) is 6.20 Å². The van der Waals surface area contributed by atoms with Crippen LogP contribution in [0.15, 0.2) is 52.8 Å². The number of nitrogens with two attached hydrogens (primary N) is 1. The molecule has 0 bridgehead atoms. The molecule has 12 heteroatoms. The highest BCUT2D eigenvalue weighted by Crippen LogP contribution is 2.43. The predicted octanol–water partition coefficient (Wildman–Crippen LogP) is 4.55. The third-order valence-electron chi connectivity index (χ3n) is 7.80. The Kier molecular flexibility index (Phi) is 8.05. The largest absolute Gasteiger partial charge is 0.390 e. The molecule has 2 aliphatic heterocycles. The van der Waals surface area contributed by atoms with Crippen LogP contribution in [-0.4, -0.2) is 61.3 Å². The number of anilines is 1. The smallest absolute Gasteiger partial charge is 0.157 e. The SMILES string of the molecule is Cc1nc(N2CCC3(CC2)CO[C@@H](C)[C@H]3N)c(CO)nc1Sc1ccn2cc(-c3ccccn3)nc2c1Cl.Cl. The highest BCUT2D eigenvalue weighted by molar-refractivity contribution is 7.99. The number of aryl methyl sites for hydroxylation is 1. The highest BCUT2D eigenvalue weighted by atomic mass is 35.5. The van der Waals surface area contributed by atoms with Gasteiger partial charge in [0, 0.05) is 48.0 Å². The van der Waals surface area contributed by atoms with Gasteiger partial charge in [0.1, 0.15) is 16.4 Å². The second-order valence-electron chi connectivity index (χ2n) is 10.1. The fourth-order valence-corrected chi connectivity index (χ4v) is 6.62. The number of halogens is 2. The summed E-state index contributed by atoms with van der Waals surface area (Å²) in [5, 5.41) is 11.4. The number of aliphatic hydroxyl groups is 1. The molecule has 3 N–H and O–H groups in total. The summed E-state index contributed by atoms with van der Waals surface area (Å²) in [5.41, 5.74) is 10.0. The van der Waals surface area contributed by atoms with Crippen molar-refractivity contribution in [1.82, 2.24) is 24.3 Å². The molecule has 6 heterocycles. The van der Waals surface area contributed by atoms with Crippen LogP contribution < -0.4 is 10.6 Å². The molecule has 0 radical (unpaired) electrons. The lowest BCUT2D eigenvalue weighted by atomic mass is 9.73. The number of ether oxygens (including phenoxy) is 1. The summed E-state index contributed by atoms with van der Waals surface area (Å²) in [6.07, 6.45) is 7.53. The Labute approximate surface area is 242 Å². The Balaban J connectivity index is 0.00000308. The standard InChI is InChI=1S/C27H30ClN7O2S.ClH/c1-16-26(38-21-6-10-35-13-19(32-25(35)22(21)28)18-5-3-4-9-30-18)33-20(14-36)24(31-16)34-11-7-27(8-12-34)15-37-17(2)23(27)29;/h3-6,9-10,13,17,23,36H,7-8,11-12,14-15,29H2,1-2H3;1H/t17-,23+;/m0./s1. The maximum absolute atomic E-state index is 10.2. The summed E-state index contributed by atoms with van der Waals surface area (Å²) in [4.78, 5) is 21.8. The Morgan fingerprint density at radius 2 is 1.97 bits per heavy atom. The Bertz CT molecular complexity index is 1480. The van der Waals surface area contributed by atoms with E-state index in [2.05, 4.69) is 16.8 Å². The van der Waals surface area contributed by atoms with Crippen molar-refractivity contribution >= 4 is 47.2 Å². The van der Waals surface area contributed by atoms with Gasteiger partial charge in [0.25, 0.3) is 0 Å². The number of hydrogen-bond acceptors (Lipinski definition) is 9. The monoisotopic (exact) mass is 587 g/mol. The van der Waals surface area contributed by atoms with Crippen molar-refractivity contribution in [2.45, 2.75) is 55.4 Å². The molecule has 0 unspecified atom stereocenters. The lowest BCUT2D eigenvalue weighted by molar-refractivity contribution is 0.0973. The molecule has 206 valence electrons. The van der Waals surface area contributed by atoms with Crippen LogP contribution in [0.4, 0.5) is 5.82 Å². The quantitative estimate of drug-likeness (QED) is 0.347. The Hall–Kier alpha value is -2.47. The maximum atomic E-state index is 10.2. The summed E-state index contributed by atoms with van der Waals surface area (Å²) >= 11 is 8.23. The van der Waals surface area contributed by atoms with E-state index in [0.717, 1.165) is 53.7 Å². The molecule has 6 rings (SSSR count). The molecule has 39 heavy (non-hydrogen) atoms. The fraction of sp³-hybridized carbons (Fsp3) is 0.407. The van der Waals surface area contributed by atoms with Gasteiger partial charge in [0.2, 0.25) is 0 Å². The second kappa shape index (κ2) is 11.2. The molecule has 9 nitrogen and oxygen atoms in total. The molecule has 0 aliphatic carbocycles. The van der Waals surface area contributed by atoms with Gasteiger partial charge in [-0.2, -0.15) is 0 Å². The fourth-order valence-electron chi connectivity index (χ4n) is 5.44. The molecule has 2 atom stereocenters. The summed E-state index contributed by atoms with van der Waals surface area (Å²) < 4.78 is 7.75. The molecule has 4 aromatic heterocycles. The molecule has 0 aromatic carbocycles. The second-order valence-corrected chi connectivity index (χ2v) is 11.5. The van der Waals surface area contributed by atoms with Gasteiger partial charge in [-0.05, 0) is 44.9 Å². The number of piperidine rings is 1. The van der Waals surface area contributed by atoms with Crippen molar-refractivity contribution < 1.29 is 9.84 Å². The van der Waals surface area contributed by atoms with Crippen molar-refractivity contribution in [2.24, 2.45) is 11.1 Å². The van der Waals surface area contributed by atoms with Crippen molar-refractivity contribution in [3.63, 3.8) is 0 Å². The molecule has 2 fully saturated rings. The number of aliphatic hydroxyl groups excluding tert-OH is 1. The number of aromatic nitrogens is 5. The van der Waals surface area contributed by atoms with E-state index < -0.39 is 0 Å². The summed E-state index contributed by atoms with van der Waals surface area (Å²) in [6.45, 7) is 6.11. The molecular formula is C27H31Cl2N7O2S. The highest BCUT2D eigenvalue weighted by Gasteiger charge is 2.47. The predicted molar refractivity (Wildman–Crippen MR) is 155 cm³/mol. The first-order valence-corrected chi connectivity index (χ1v) is 13.9. The van der Waals surface area contributed by atoms with Gasteiger partial charge in [-0.1, -0.05) is 29.4 Å². The first kappa shape index (κ1) is 28.1. The maximum Gasteiger partial charge on any atom is 0.157 e. The molecule has 4 aromatic rings. The minimum atomic E-state index is -0.196. The molecule has 0 saturated carbocycles. The van der Waals surface area contributed by atoms with Gasteiger partial charge in [-0.15, -0.1) is 12.4 Å². The van der Waals surface area contributed by atoms with Gasteiger partial charge in [-0.25, -0.2) is 15.0 Å². The van der Waals surface area contributed by atoms with Crippen LogP contribution >= 0.6 is 35.8 Å². The van der Waals surface area contributed by atoms with Crippen LogP contribution in [0.1, 0.15) is 31.2 Å². The summed E-state index contributed by atoms with van der Waals surface area (Å²) in [7, 11) is 0. The minimum absolute atomic E-state index is 0. The van der Waals surface area contributed by atoms with Gasteiger partial charge in [-0.3, -0.25) is 4.98 Å². The Morgan fingerprint density at radius 1 is 1.18 bits per heavy atom. The van der Waals surface area contributed by atoms with Crippen molar-refractivity contribution in [3.05, 3.63) is 59.3 Å². The lowest BCUT2D eigenvalue weighted by Gasteiger charge is -2.42. The zero-order valence-electron chi connectivity index (χ0n) is 21.7. The van der Waals surface area contributed by atoms with E-state index in [-0.39, 0.29) is 36.6 Å². The normalized spacial score (nSPS) is 20.5. The number of pyridine rings is 2. The van der Waals surface area contributed by atoms with Gasteiger partial charge >= 0.3 is 0 Å². The third kappa shape index (κ3) is 5.10. The number of fused-ring (bicyclic) bond motifs is 1. The number of imidazole rings is 1. The zero-order chi connectivity index (χ0) is 26.4. The van der Waals surface area contributed by atoms with E-state index in [1.807, 2.05) is 48.0 Å². The average Bonchev–Trinajstić information content (AvgIpc) is 3.50. The van der Waals surface area contributed by atoms with E-state index in [4.69, 9.17) is 37.0 Å². The average molecular weight is 589 g/mol. The molecule has 2 aliphatic rings. The van der Waals surface area contributed by atoms with Crippen molar-refractivity contribution in [3.8, 4) is 11.4 Å². The van der Waals surface area contributed by atoms with Crippen LogP contribution in [0.25, 0.3) is 17.0 Å². The van der Waals surface area contributed by atoms with Crippen LogP contribution in [0, 0.1) is 12.3 Å². The van der Waals surface area contributed by atoms with Crippen LogP contribution in [0.3, 0.4) is 0 Å². The molecule has 1 spiro atoms. The molecular weight excluding hydrogens is 557 g/mol.